The lowest BCUT2D eigenvalue weighted by Gasteiger charge is -2.18. The molecule has 0 aliphatic carbocycles. The number of carbonyl (C=O) groups excluding carboxylic acids is 2. The van der Waals surface area contributed by atoms with E-state index in [2.05, 4.69) is 15.9 Å². The van der Waals surface area contributed by atoms with E-state index >= 15 is 0 Å². The van der Waals surface area contributed by atoms with Crippen LogP contribution in [0.4, 0.5) is 0 Å². The second-order valence-corrected chi connectivity index (χ2v) is 4.21. The molecule has 0 radical (unpaired) electrons. The molecule has 0 atom stereocenters. The van der Waals surface area contributed by atoms with Gasteiger partial charge in [-0.3, -0.25) is 9.59 Å². The number of carbonyl (C=O) groups is 2. The van der Waals surface area contributed by atoms with Crippen LogP contribution >= 0.6 is 15.9 Å². The molecule has 1 aromatic rings. The van der Waals surface area contributed by atoms with Gasteiger partial charge in [-0.2, -0.15) is 0 Å². The summed E-state index contributed by atoms with van der Waals surface area (Å²) in [5.41, 5.74) is 5.62. The fraction of sp³-hybridized carbons (Fsp3) is 0.273. The molecule has 0 heterocycles. The molecule has 2 N–H and O–H groups in total. The van der Waals surface area contributed by atoms with E-state index in [1.165, 1.54) is 4.90 Å². The molecule has 0 spiro atoms. The highest BCUT2D eigenvalue weighted by Crippen LogP contribution is 2.12. The Labute approximate surface area is 103 Å². The lowest BCUT2D eigenvalue weighted by Crippen LogP contribution is -2.38. The van der Waals surface area contributed by atoms with Crippen LogP contribution < -0.4 is 5.73 Å². The minimum absolute atomic E-state index is 0.0502. The molecule has 0 aliphatic heterocycles. The van der Waals surface area contributed by atoms with E-state index < -0.39 is 5.91 Å². The first-order valence-electron chi connectivity index (χ1n) is 4.87. The highest BCUT2D eigenvalue weighted by molar-refractivity contribution is 9.10. The van der Waals surface area contributed by atoms with Crippen molar-refractivity contribution in [3.05, 3.63) is 34.3 Å². The van der Waals surface area contributed by atoms with Crippen molar-refractivity contribution in [2.24, 2.45) is 5.73 Å². The zero-order chi connectivity index (χ0) is 12.1. The van der Waals surface area contributed by atoms with Crippen LogP contribution in [-0.2, 0) is 4.79 Å². The molecule has 1 aromatic carbocycles. The van der Waals surface area contributed by atoms with Crippen LogP contribution in [0.15, 0.2) is 28.7 Å². The van der Waals surface area contributed by atoms with E-state index in [4.69, 9.17) is 5.73 Å². The maximum absolute atomic E-state index is 11.9. The third-order valence-corrected chi connectivity index (χ3v) is 2.64. The highest BCUT2D eigenvalue weighted by atomic mass is 79.9. The van der Waals surface area contributed by atoms with Crippen molar-refractivity contribution in [3.63, 3.8) is 0 Å². The van der Waals surface area contributed by atoms with E-state index in [9.17, 15) is 9.59 Å². The Hall–Kier alpha value is -1.36. The minimum atomic E-state index is -0.507. The van der Waals surface area contributed by atoms with Gasteiger partial charge in [-0.15, -0.1) is 0 Å². The van der Waals surface area contributed by atoms with E-state index in [1.807, 2.05) is 0 Å². The molecule has 0 fully saturated rings. The monoisotopic (exact) mass is 284 g/mol. The quantitative estimate of drug-likeness (QED) is 0.908. The van der Waals surface area contributed by atoms with Gasteiger partial charge in [-0.05, 0) is 31.2 Å². The largest absolute Gasteiger partial charge is 0.368 e. The zero-order valence-electron chi connectivity index (χ0n) is 8.94. The third-order valence-electron chi connectivity index (χ3n) is 2.11. The van der Waals surface area contributed by atoms with Gasteiger partial charge in [0.25, 0.3) is 5.91 Å². The fourth-order valence-corrected chi connectivity index (χ4v) is 1.55. The van der Waals surface area contributed by atoms with Crippen LogP contribution in [0.25, 0.3) is 0 Å². The smallest absolute Gasteiger partial charge is 0.254 e. The molecule has 0 aliphatic rings. The summed E-state index contributed by atoms with van der Waals surface area (Å²) < 4.78 is 0.905. The Morgan fingerprint density at radius 3 is 2.31 bits per heavy atom. The first-order valence-corrected chi connectivity index (χ1v) is 5.67. The molecule has 0 saturated carbocycles. The number of benzene rings is 1. The fourth-order valence-electron chi connectivity index (χ4n) is 1.29. The SMILES string of the molecule is CCN(CC(N)=O)C(=O)c1ccc(Br)cc1. The van der Waals surface area contributed by atoms with Crippen LogP contribution in [0.5, 0.6) is 0 Å². The average Bonchev–Trinajstić information content (AvgIpc) is 2.25. The molecule has 86 valence electrons. The molecule has 0 unspecified atom stereocenters. The topological polar surface area (TPSA) is 63.4 Å². The molecular formula is C11H13BrN2O2. The lowest BCUT2D eigenvalue weighted by atomic mass is 10.2. The summed E-state index contributed by atoms with van der Waals surface area (Å²) in [5.74, 6) is -0.693. The van der Waals surface area contributed by atoms with Crippen molar-refractivity contribution >= 4 is 27.7 Å². The third kappa shape index (κ3) is 3.34. The second kappa shape index (κ2) is 5.65. The first kappa shape index (κ1) is 12.7. The summed E-state index contributed by atoms with van der Waals surface area (Å²) in [4.78, 5) is 24.1. The Morgan fingerprint density at radius 2 is 1.88 bits per heavy atom. The number of amides is 2. The van der Waals surface area contributed by atoms with Crippen LogP contribution in [-0.4, -0.2) is 29.8 Å². The van der Waals surface area contributed by atoms with Gasteiger partial charge in [0, 0.05) is 16.6 Å². The van der Waals surface area contributed by atoms with Crippen molar-refractivity contribution in [2.45, 2.75) is 6.92 Å². The number of primary amides is 1. The van der Waals surface area contributed by atoms with Gasteiger partial charge < -0.3 is 10.6 Å². The molecule has 2 amide bonds. The number of nitrogens with zero attached hydrogens (tertiary/aromatic N) is 1. The number of halogens is 1. The maximum atomic E-state index is 11.9. The lowest BCUT2D eigenvalue weighted by molar-refractivity contribution is -0.118. The van der Waals surface area contributed by atoms with Gasteiger partial charge in [0.05, 0.1) is 6.54 Å². The van der Waals surface area contributed by atoms with E-state index in [1.54, 1.807) is 31.2 Å². The Bertz CT molecular complexity index is 389. The molecular weight excluding hydrogens is 272 g/mol. The Balaban J connectivity index is 2.82. The van der Waals surface area contributed by atoms with Crippen molar-refractivity contribution in [1.82, 2.24) is 4.90 Å². The van der Waals surface area contributed by atoms with Crippen LogP contribution in [0.3, 0.4) is 0 Å². The van der Waals surface area contributed by atoms with E-state index in [-0.39, 0.29) is 12.5 Å². The summed E-state index contributed by atoms with van der Waals surface area (Å²) in [7, 11) is 0. The second-order valence-electron chi connectivity index (χ2n) is 3.29. The first-order chi connectivity index (χ1) is 7.54. The van der Waals surface area contributed by atoms with E-state index in [0.717, 1.165) is 4.47 Å². The van der Waals surface area contributed by atoms with Crippen molar-refractivity contribution in [3.8, 4) is 0 Å². The van der Waals surface area contributed by atoms with Gasteiger partial charge in [0.15, 0.2) is 0 Å². The number of rotatable bonds is 4. The number of hydrogen-bond donors (Lipinski definition) is 1. The molecule has 0 bridgehead atoms. The van der Waals surface area contributed by atoms with Crippen LogP contribution in [0, 0.1) is 0 Å². The molecule has 4 nitrogen and oxygen atoms in total. The average molecular weight is 285 g/mol. The van der Waals surface area contributed by atoms with Gasteiger partial charge in [-0.1, -0.05) is 15.9 Å². The van der Waals surface area contributed by atoms with Gasteiger partial charge >= 0.3 is 0 Å². The van der Waals surface area contributed by atoms with Gasteiger partial charge in [0.2, 0.25) is 5.91 Å². The predicted molar refractivity (Wildman–Crippen MR) is 64.9 cm³/mol. The summed E-state index contributed by atoms with van der Waals surface area (Å²) in [6, 6.07) is 6.98. The maximum Gasteiger partial charge on any atom is 0.254 e. The normalized spacial score (nSPS) is 9.88. The van der Waals surface area contributed by atoms with Crippen molar-refractivity contribution in [2.75, 3.05) is 13.1 Å². The number of nitrogens with two attached hydrogens (primary N) is 1. The highest BCUT2D eigenvalue weighted by Gasteiger charge is 2.15. The van der Waals surface area contributed by atoms with E-state index in [0.29, 0.717) is 12.1 Å². The Kier molecular flexibility index (Phi) is 4.49. The summed E-state index contributed by atoms with van der Waals surface area (Å²) >= 11 is 3.29. The molecule has 0 aromatic heterocycles. The van der Waals surface area contributed by atoms with Gasteiger partial charge in [-0.25, -0.2) is 0 Å². The summed E-state index contributed by atoms with van der Waals surface area (Å²) in [6.07, 6.45) is 0. The predicted octanol–water partition coefficient (Wildman–Crippen LogP) is 1.40. The molecule has 0 saturated heterocycles. The van der Waals surface area contributed by atoms with Crippen molar-refractivity contribution < 1.29 is 9.59 Å². The number of hydrogen-bond acceptors (Lipinski definition) is 2. The summed E-state index contributed by atoms with van der Waals surface area (Å²) in [6.45, 7) is 2.21. The molecule has 16 heavy (non-hydrogen) atoms. The number of likely N-dealkylation sites (N-methyl/N-ethyl adjacent to an activating group) is 1. The van der Waals surface area contributed by atoms with Crippen LogP contribution in [0.2, 0.25) is 0 Å². The summed E-state index contributed by atoms with van der Waals surface area (Å²) in [5, 5.41) is 0. The zero-order valence-corrected chi connectivity index (χ0v) is 10.5. The minimum Gasteiger partial charge on any atom is -0.368 e. The van der Waals surface area contributed by atoms with Crippen LogP contribution in [0.1, 0.15) is 17.3 Å². The Morgan fingerprint density at radius 1 is 1.31 bits per heavy atom. The molecule has 1 rings (SSSR count). The standard InChI is InChI=1S/C11H13BrN2O2/c1-2-14(7-10(13)15)11(16)8-3-5-9(12)6-4-8/h3-6H,2,7H2,1H3,(H2,13,15). The van der Waals surface area contributed by atoms with Gasteiger partial charge in [0.1, 0.15) is 0 Å². The van der Waals surface area contributed by atoms with Crippen molar-refractivity contribution in [1.29, 1.82) is 0 Å². The molecule has 5 heteroatoms.